The molecular weight excluding hydrogens is 238 g/mol. The number of hydrogen-bond acceptors (Lipinski definition) is 5. The SMILES string of the molecule is c1nc(NC2CC2)cc(N2CCC3(CCNC3)C2)n1. The normalized spacial score (nSPS) is 30.2. The Morgan fingerprint density at radius 1 is 1.32 bits per heavy atom. The molecular formula is C14H21N5. The van der Waals surface area contributed by atoms with Crippen molar-refractivity contribution in [2.45, 2.75) is 31.7 Å². The van der Waals surface area contributed by atoms with Crippen LogP contribution in [0, 0.1) is 5.41 Å². The summed E-state index contributed by atoms with van der Waals surface area (Å²) >= 11 is 0. The molecule has 1 spiro atoms. The van der Waals surface area contributed by atoms with Crippen LogP contribution in [-0.4, -0.2) is 42.2 Å². The van der Waals surface area contributed by atoms with E-state index in [2.05, 4.69) is 31.6 Å². The third kappa shape index (κ3) is 2.27. The average Bonchev–Trinajstić information content (AvgIpc) is 2.99. The van der Waals surface area contributed by atoms with Crippen LogP contribution >= 0.6 is 0 Å². The molecule has 3 heterocycles. The molecule has 102 valence electrons. The zero-order valence-electron chi connectivity index (χ0n) is 11.2. The molecule has 1 aliphatic carbocycles. The van der Waals surface area contributed by atoms with E-state index in [0.29, 0.717) is 11.5 Å². The monoisotopic (exact) mass is 259 g/mol. The predicted octanol–water partition coefficient (Wildman–Crippen LogP) is 1.24. The summed E-state index contributed by atoms with van der Waals surface area (Å²) in [6.45, 7) is 4.61. The van der Waals surface area contributed by atoms with Crippen LogP contribution < -0.4 is 15.5 Å². The maximum atomic E-state index is 4.46. The lowest BCUT2D eigenvalue weighted by Crippen LogP contribution is -2.29. The van der Waals surface area contributed by atoms with E-state index in [1.165, 1.54) is 38.8 Å². The van der Waals surface area contributed by atoms with Crippen LogP contribution in [0.1, 0.15) is 25.7 Å². The van der Waals surface area contributed by atoms with Crippen molar-refractivity contribution in [1.82, 2.24) is 15.3 Å². The van der Waals surface area contributed by atoms with Crippen molar-refractivity contribution in [2.24, 2.45) is 5.41 Å². The standard InChI is InChI=1S/C14H21N5/c1-2-11(1)18-12-7-13(17-10-16-12)19-6-4-14(9-19)3-5-15-8-14/h7,10-11,15H,1-6,8-9H2,(H,16,17,18). The molecule has 3 aliphatic rings. The fraction of sp³-hybridized carbons (Fsp3) is 0.714. The van der Waals surface area contributed by atoms with Gasteiger partial charge in [0.2, 0.25) is 0 Å². The highest BCUT2D eigenvalue weighted by Crippen LogP contribution is 2.37. The Morgan fingerprint density at radius 3 is 3.05 bits per heavy atom. The summed E-state index contributed by atoms with van der Waals surface area (Å²) in [6, 6.07) is 2.76. The van der Waals surface area contributed by atoms with E-state index < -0.39 is 0 Å². The molecule has 1 aromatic rings. The summed E-state index contributed by atoms with van der Waals surface area (Å²) in [5.41, 5.74) is 0.495. The van der Waals surface area contributed by atoms with Crippen LogP contribution in [0.2, 0.25) is 0 Å². The van der Waals surface area contributed by atoms with Gasteiger partial charge in [-0.2, -0.15) is 0 Å². The van der Waals surface area contributed by atoms with Crippen molar-refractivity contribution in [3.63, 3.8) is 0 Å². The smallest absolute Gasteiger partial charge is 0.134 e. The topological polar surface area (TPSA) is 53.1 Å². The van der Waals surface area contributed by atoms with Gasteiger partial charge in [-0.15, -0.1) is 0 Å². The number of aromatic nitrogens is 2. The van der Waals surface area contributed by atoms with E-state index in [9.17, 15) is 0 Å². The zero-order valence-corrected chi connectivity index (χ0v) is 11.2. The molecule has 19 heavy (non-hydrogen) atoms. The van der Waals surface area contributed by atoms with Gasteiger partial charge >= 0.3 is 0 Å². The largest absolute Gasteiger partial charge is 0.367 e. The summed E-state index contributed by atoms with van der Waals surface area (Å²) < 4.78 is 0. The van der Waals surface area contributed by atoms with E-state index in [1.54, 1.807) is 6.33 Å². The molecule has 1 saturated carbocycles. The number of rotatable bonds is 3. The Hall–Kier alpha value is -1.36. The van der Waals surface area contributed by atoms with E-state index in [-0.39, 0.29) is 0 Å². The molecule has 4 rings (SSSR count). The molecule has 0 bridgehead atoms. The summed E-state index contributed by atoms with van der Waals surface area (Å²) in [7, 11) is 0. The van der Waals surface area contributed by atoms with Crippen LogP contribution in [0.15, 0.2) is 12.4 Å². The predicted molar refractivity (Wildman–Crippen MR) is 75.4 cm³/mol. The van der Waals surface area contributed by atoms with E-state index >= 15 is 0 Å². The first-order chi connectivity index (χ1) is 9.33. The third-order valence-corrected chi connectivity index (χ3v) is 4.68. The minimum atomic E-state index is 0.495. The van der Waals surface area contributed by atoms with Crippen molar-refractivity contribution in [2.75, 3.05) is 36.4 Å². The first-order valence-electron chi connectivity index (χ1n) is 7.37. The van der Waals surface area contributed by atoms with Crippen molar-refractivity contribution >= 4 is 11.6 Å². The fourth-order valence-electron chi connectivity index (χ4n) is 3.31. The van der Waals surface area contributed by atoms with Crippen LogP contribution in [-0.2, 0) is 0 Å². The maximum Gasteiger partial charge on any atom is 0.134 e. The summed E-state index contributed by atoms with van der Waals surface area (Å²) in [5.74, 6) is 2.07. The van der Waals surface area contributed by atoms with Gasteiger partial charge in [0.15, 0.2) is 0 Å². The molecule has 0 radical (unpaired) electrons. The second kappa shape index (κ2) is 4.34. The zero-order chi connectivity index (χ0) is 12.7. The van der Waals surface area contributed by atoms with Crippen LogP contribution in [0.4, 0.5) is 11.6 Å². The number of nitrogens with one attached hydrogen (secondary N) is 2. The highest BCUT2D eigenvalue weighted by molar-refractivity contribution is 5.50. The van der Waals surface area contributed by atoms with Gasteiger partial charge in [0.05, 0.1) is 0 Å². The molecule has 3 fully saturated rings. The van der Waals surface area contributed by atoms with Crippen molar-refractivity contribution < 1.29 is 0 Å². The Labute approximate surface area is 113 Å². The quantitative estimate of drug-likeness (QED) is 0.855. The minimum Gasteiger partial charge on any atom is -0.367 e. The van der Waals surface area contributed by atoms with Crippen LogP contribution in [0.3, 0.4) is 0 Å². The van der Waals surface area contributed by atoms with E-state index in [1.807, 2.05) is 0 Å². The van der Waals surface area contributed by atoms with Gasteiger partial charge in [-0.3, -0.25) is 0 Å². The number of nitrogens with zero attached hydrogens (tertiary/aromatic N) is 3. The van der Waals surface area contributed by atoms with Gasteiger partial charge in [-0.1, -0.05) is 0 Å². The Kier molecular flexibility index (Phi) is 2.62. The molecule has 1 unspecified atom stereocenters. The van der Waals surface area contributed by atoms with Gasteiger partial charge in [0.1, 0.15) is 18.0 Å². The lowest BCUT2D eigenvalue weighted by Gasteiger charge is -2.23. The van der Waals surface area contributed by atoms with Gasteiger partial charge < -0.3 is 15.5 Å². The molecule has 2 aliphatic heterocycles. The lowest BCUT2D eigenvalue weighted by molar-refractivity contribution is 0.369. The minimum absolute atomic E-state index is 0.495. The van der Waals surface area contributed by atoms with Gasteiger partial charge in [0, 0.05) is 37.2 Å². The van der Waals surface area contributed by atoms with Crippen molar-refractivity contribution in [3.05, 3.63) is 12.4 Å². The second-order valence-corrected chi connectivity index (χ2v) is 6.28. The second-order valence-electron chi connectivity index (χ2n) is 6.28. The van der Waals surface area contributed by atoms with Crippen LogP contribution in [0.5, 0.6) is 0 Å². The van der Waals surface area contributed by atoms with E-state index in [0.717, 1.165) is 24.7 Å². The van der Waals surface area contributed by atoms with Crippen LogP contribution in [0.25, 0.3) is 0 Å². The summed E-state index contributed by atoms with van der Waals surface area (Å²) in [5, 5.41) is 6.95. The van der Waals surface area contributed by atoms with Gasteiger partial charge in [-0.25, -0.2) is 9.97 Å². The van der Waals surface area contributed by atoms with Gasteiger partial charge in [-0.05, 0) is 32.2 Å². The first-order valence-corrected chi connectivity index (χ1v) is 7.37. The molecule has 2 N–H and O–H groups in total. The number of hydrogen-bond donors (Lipinski definition) is 2. The summed E-state index contributed by atoms with van der Waals surface area (Å²) in [4.78, 5) is 11.2. The molecule has 2 saturated heterocycles. The first kappa shape index (κ1) is 11.5. The fourth-order valence-corrected chi connectivity index (χ4v) is 3.31. The molecule has 1 aromatic heterocycles. The van der Waals surface area contributed by atoms with Crippen molar-refractivity contribution in [3.8, 4) is 0 Å². The van der Waals surface area contributed by atoms with E-state index in [4.69, 9.17) is 0 Å². The maximum absolute atomic E-state index is 4.46. The molecule has 5 nitrogen and oxygen atoms in total. The highest BCUT2D eigenvalue weighted by Gasteiger charge is 2.40. The lowest BCUT2D eigenvalue weighted by atomic mass is 9.87. The van der Waals surface area contributed by atoms with Gasteiger partial charge in [0.25, 0.3) is 0 Å². The Balaban J connectivity index is 1.49. The Bertz CT molecular complexity index is 465. The number of anilines is 2. The highest BCUT2D eigenvalue weighted by atomic mass is 15.2. The molecule has 5 heteroatoms. The molecule has 1 atom stereocenters. The molecule has 0 aromatic carbocycles. The average molecular weight is 259 g/mol. The summed E-state index contributed by atoms with van der Waals surface area (Å²) in [6.07, 6.45) is 6.84. The molecule has 0 amide bonds. The third-order valence-electron chi connectivity index (χ3n) is 4.68. The van der Waals surface area contributed by atoms with Crippen molar-refractivity contribution in [1.29, 1.82) is 0 Å². The Morgan fingerprint density at radius 2 is 2.26 bits per heavy atom.